The molecule has 2 saturated heterocycles. The Labute approximate surface area is 177 Å². The van der Waals surface area contributed by atoms with Crippen LogP contribution in [0, 0.1) is 0 Å². The third kappa shape index (κ3) is 5.77. The number of nitrogens with zero attached hydrogens (tertiary/aromatic N) is 2. The van der Waals surface area contributed by atoms with Crippen molar-refractivity contribution >= 4 is 57.0 Å². The van der Waals surface area contributed by atoms with Gasteiger partial charge in [-0.15, -0.1) is 36.2 Å². The summed E-state index contributed by atoms with van der Waals surface area (Å²) in [6.07, 6.45) is 5.48. The van der Waals surface area contributed by atoms with Gasteiger partial charge in [-0.05, 0) is 51.9 Å². The summed E-state index contributed by atoms with van der Waals surface area (Å²) in [5, 5.41) is 8.31. The molecule has 2 aliphatic rings. The third-order valence-electron chi connectivity index (χ3n) is 5.14. The maximum Gasteiger partial charge on any atom is 0.247 e. The number of amides is 1. The molecule has 2 aliphatic heterocycles. The maximum atomic E-state index is 12.8. The average molecular weight is 459 g/mol. The van der Waals surface area contributed by atoms with Crippen LogP contribution in [0.2, 0.25) is 0 Å². The van der Waals surface area contributed by atoms with Crippen molar-refractivity contribution in [1.29, 1.82) is 0 Å². The number of hydrogen-bond donors (Lipinski definition) is 2. The molecule has 3 heterocycles. The predicted molar refractivity (Wildman–Crippen MR) is 114 cm³/mol. The monoisotopic (exact) mass is 458 g/mol. The normalized spacial score (nSPS) is 20.2. The highest BCUT2D eigenvalue weighted by Crippen LogP contribution is 2.30. The standard InChI is InChI=1S/C16H26N4O3S2.2ClH/c1-25(22,23)16(5-7-17-8-6-16)14(21)19-15-18-13(12-24-15)11-20-9-3-2-4-10-20;;/h12,17H,2-11H2,1H3,(H,18,19,21);2*1H. The first-order valence-corrected chi connectivity index (χ1v) is 11.6. The molecular formula is C16H28Cl2N4O3S2. The van der Waals surface area contributed by atoms with Crippen molar-refractivity contribution in [2.45, 2.75) is 43.4 Å². The highest BCUT2D eigenvalue weighted by Gasteiger charge is 2.48. The second kappa shape index (κ2) is 10.4. The van der Waals surface area contributed by atoms with Crippen LogP contribution in [0.3, 0.4) is 0 Å². The number of sulfone groups is 1. The molecular weight excluding hydrogens is 431 g/mol. The average Bonchev–Trinajstić information content (AvgIpc) is 3.02. The number of anilines is 1. The van der Waals surface area contributed by atoms with E-state index in [2.05, 4.69) is 20.5 Å². The second-order valence-electron chi connectivity index (χ2n) is 6.95. The van der Waals surface area contributed by atoms with Crippen molar-refractivity contribution in [1.82, 2.24) is 15.2 Å². The first-order valence-electron chi connectivity index (χ1n) is 8.79. The van der Waals surface area contributed by atoms with Crippen molar-refractivity contribution < 1.29 is 13.2 Å². The second-order valence-corrected chi connectivity index (χ2v) is 10.1. The summed E-state index contributed by atoms with van der Waals surface area (Å²) in [6.45, 7) is 4.01. The number of rotatable bonds is 5. The largest absolute Gasteiger partial charge is 0.317 e. The zero-order chi connectivity index (χ0) is 17.9. The van der Waals surface area contributed by atoms with Crippen molar-refractivity contribution in [2.24, 2.45) is 0 Å². The highest BCUT2D eigenvalue weighted by atomic mass is 35.5. The quantitative estimate of drug-likeness (QED) is 0.701. The van der Waals surface area contributed by atoms with E-state index in [1.54, 1.807) is 0 Å². The first kappa shape index (κ1) is 24.6. The fraction of sp³-hybridized carbons (Fsp3) is 0.750. The van der Waals surface area contributed by atoms with E-state index >= 15 is 0 Å². The molecule has 1 amide bonds. The number of carbonyl (C=O) groups excluding carboxylic acids is 1. The van der Waals surface area contributed by atoms with Crippen molar-refractivity contribution in [3.63, 3.8) is 0 Å². The van der Waals surface area contributed by atoms with Crippen LogP contribution in [0.4, 0.5) is 5.13 Å². The molecule has 11 heteroatoms. The number of hydrogen-bond acceptors (Lipinski definition) is 7. The van der Waals surface area contributed by atoms with Gasteiger partial charge in [-0.2, -0.15) is 0 Å². The lowest BCUT2D eigenvalue weighted by Crippen LogP contribution is -2.55. The molecule has 27 heavy (non-hydrogen) atoms. The van der Waals surface area contributed by atoms with Crippen LogP contribution in [-0.2, 0) is 21.2 Å². The van der Waals surface area contributed by atoms with Crippen LogP contribution in [0.5, 0.6) is 0 Å². The molecule has 3 rings (SSSR count). The van der Waals surface area contributed by atoms with Gasteiger partial charge in [0.25, 0.3) is 0 Å². The number of thiazole rings is 1. The van der Waals surface area contributed by atoms with Crippen LogP contribution >= 0.6 is 36.2 Å². The number of carbonyl (C=O) groups is 1. The molecule has 0 spiro atoms. The van der Waals surface area contributed by atoms with Gasteiger partial charge in [0.1, 0.15) is 0 Å². The Morgan fingerprint density at radius 2 is 1.89 bits per heavy atom. The summed E-state index contributed by atoms with van der Waals surface area (Å²) in [5.41, 5.74) is 0.931. The molecule has 1 aromatic rings. The summed E-state index contributed by atoms with van der Waals surface area (Å²) in [4.78, 5) is 19.6. The fourth-order valence-electron chi connectivity index (χ4n) is 3.59. The van der Waals surface area contributed by atoms with E-state index < -0.39 is 20.5 Å². The Morgan fingerprint density at radius 1 is 1.26 bits per heavy atom. The molecule has 0 aliphatic carbocycles. The zero-order valence-electron chi connectivity index (χ0n) is 15.4. The molecule has 0 saturated carbocycles. The predicted octanol–water partition coefficient (Wildman–Crippen LogP) is 2.08. The van der Waals surface area contributed by atoms with E-state index in [1.165, 1.54) is 30.6 Å². The summed E-state index contributed by atoms with van der Waals surface area (Å²) in [5.74, 6) is -0.449. The van der Waals surface area contributed by atoms with E-state index in [4.69, 9.17) is 0 Å². The van der Waals surface area contributed by atoms with Gasteiger partial charge in [0.15, 0.2) is 19.7 Å². The molecule has 0 aromatic carbocycles. The smallest absolute Gasteiger partial charge is 0.247 e. The van der Waals surface area contributed by atoms with Gasteiger partial charge in [0.2, 0.25) is 5.91 Å². The number of halogens is 2. The van der Waals surface area contributed by atoms with Crippen molar-refractivity contribution in [3.8, 4) is 0 Å². The Hall–Kier alpha value is -0.450. The fourth-order valence-corrected chi connectivity index (χ4v) is 5.62. The zero-order valence-corrected chi connectivity index (χ0v) is 18.7. The Kier molecular flexibility index (Phi) is 9.44. The van der Waals surface area contributed by atoms with Gasteiger partial charge in [-0.25, -0.2) is 13.4 Å². The van der Waals surface area contributed by atoms with Crippen LogP contribution in [0.25, 0.3) is 0 Å². The molecule has 0 atom stereocenters. The number of aromatic nitrogens is 1. The SMILES string of the molecule is CS(=O)(=O)C1(C(=O)Nc2nc(CN3CCCCC3)cs2)CCNCC1.Cl.Cl. The number of likely N-dealkylation sites (tertiary alicyclic amines) is 1. The van der Waals surface area contributed by atoms with Gasteiger partial charge >= 0.3 is 0 Å². The van der Waals surface area contributed by atoms with Crippen molar-refractivity contribution in [2.75, 3.05) is 37.8 Å². The Morgan fingerprint density at radius 3 is 2.48 bits per heavy atom. The highest BCUT2D eigenvalue weighted by molar-refractivity contribution is 7.92. The van der Waals surface area contributed by atoms with Crippen LogP contribution < -0.4 is 10.6 Å². The minimum atomic E-state index is -3.51. The van der Waals surface area contributed by atoms with Gasteiger partial charge < -0.3 is 10.6 Å². The number of piperidine rings is 2. The summed E-state index contributed by atoms with van der Waals surface area (Å²) >= 11 is 1.36. The van der Waals surface area contributed by atoms with Gasteiger partial charge in [-0.3, -0.25) is 9.69 Å². The maximum absolute atomic E-state index is 12.8. The first-order chi connectivity index (χ1) is 11.9. The molecule has 0 unspecified atom stereocenters. The minimum Gasteiger partial charge on any atom is -0.317 e. The molecule has 7 nitrogen and oxygen atoms in total. The number of nitrogens with one attached hydrogen (secondary N) is 2. The molecule has 2 fully saturated rings. The van der Waals surface area contributed by atoms with Crippen LogP contribution in [0.1, 0.15) is 37.8 Å². The van der Waals surface area contributed by atoms with E-state index in [9.17, 15) is 13.2 Å². The van der Waals surface area contributed by atoms with Gasteiger partial charge in [-0.1, -0.05) is 6.42 Å². The molecule has 0 radical (unpaired) electrons. The van der Waals surface area contributed by atoms with Crippen molar-refractivity contribution in [3.05, 3.63) is 11.1 Å². The van der Waals surface area contributed by atoms with Gasteiger partial charge in [0, 0.05) is 18.2 Å². The summed E-state index contributed by atoms with van der Waals surface area (Å²) in [7, 11) is -3.51. The third-order valence-corrected chi connectivity index (χ3v) is 7.96. The Bertz CT molecular complexity index is 715. The summed E-state index contributed by atoms with van der Waals surface area (Å²) in [6, 6.07) is 0. The van der Waals surface area contributed by atoms with E-state index in [1.807, 2.05) is 5.38 Å². The summed E-state index contributed by atoms with van der Waals surface area (Å²) < 4.78 is 23.2. The van der Waals surface area contributed by atoms with E-state index in [0.29, 0.717) is 31.1 Å². The molecule has 1 aromatic heterocycles. The Balaban J connectivity index is 0.00000182. The topological polar surface area (TPSA) is 91.4 Å². The van der Waals surface area contributed by atoms with E-state index in [0.717, 1.165) is 31.6 Å². The minimum absolute atomic E-state index is 0. The van der Waals surface area contributed by atoms with Crippen LogP contribution in [-0.4, -0.2) is 61.4 Å². The lowest BCUT2D eigenvalue weighted by molar-refractivity contribution is -0.119. The lowest BCUT2D eigenvalue weighted by atomic mass is 9.96. The van der Waals surface area contributed by atoms with E-state index in [-0.39, 0.29) is 24.8 Å². The lowest BCUT2D eigenvalue weighted by Gasteiger charge is -2.33. The molecule has 2 N–H and O–H groups in total. The molecule has 0 bridgehead atoms. The molecule has 156 valence electrons. The van der Waals surface area contributed by atoms with Crippen LogP contribution in [0.15, 0.2) is 5.38 Å². The van der Waals surface area contributed by atoms with Gasteiger partial charge in [0.05, 0.1) is 5.69 Å².